The normalized spacial score (nSPS) is 23.5. The summed E-state index contributed by atoms with van der Waals surface area (Å²) in [5.41, 5.74) is 2.77. The second kappa shape index (κ2) is 8.20. The van der Waals surface area contributed by atoms with Crippen molar-refractivity contribution in [2.24, 2.45) is 11.8 Å². The minimum absolute atomic E-state index is 0.0516. The summed E-state index contributed by atoms with van der Waals surface area (Å²) in [5, 5.41) is 13.1. The number of piperidine rings is 2. The lowest BCUT2D eigenvalue weighted by atomic mass is 9.64. The van der Waals surface area contributed by atoms with Gasteiger partial charge in [0, 0.05) is 23.7 Å². The molecule has 0 spiro atoms. The van der Waals surface area contributed by atoms with Gasteiger partial charge >= 0.3 is 0 Å². The quantitative estimate of drug-likeness (QED) is 0.494. The van der Waals surface area contributed by atoms with E-state index in [-0.39, 0.29) is 18.0 Å². The number of carbonyl (C=O) groups is 1. The molecular formula is C26H27N7O. The van der Waals surface area contributed by atoms with Crippen molar-refractivity contribution in [3.05, 3.63) is 72.3 Å². The summed E-state index contributed by atoms with van der Waals surface area (Å²) in [7, 11) is 0. The SMILES string of the molecule is Cc1ccc(-n2nccn2)c(C(=O)N2C3CC(C3)C(C)C2CNc2ccc3ccccc3n2)n1. The van der Waals surface area contributed by atoms with Gasteiger partial charge in [0.15, 0.2) is 5.69 Å². The Morgan fingerprint density at radius 1 is 1.03 bits per heavy atom. The number of hydrogen-bond donors (Lipinski definition) is 1. The lowest BCUT2D eigenvalue weighted by Gasteiger charge is -2.57. The number of anilines is 1. The van der Waals surface area contributed by atoms with Gasteiger partial charge in [-0.2, -0.15) is 10.2 Å². The zero-order valence-electron chi connectivity index (χ0n) is 19.3. The molecule has 4 aromatic rings. The summed E-state index contributed by atoms with van der Waals surface area (Å²) in [5.74, 6) is 1.82. The van der Waals surface area contributed by atoms with Crippen LogP contribution in [-0.2, 0) is 0 Å². The van der Waals surface area contributed by atoms with E-state index >= 15 is 0 Å². The van der Waals surface area contributed by atoms with E-state index in [1.54, 1.807) is 12.4 Å². The van der Waals surface area contributed by atoms with Crippen molar-refractivity contribution < 1.29 is 4.79 Å². The van der Waals surface area contributed by atoms with Crippen molar-refractivity contribution in [2.75, 3.05) is 11.9 Å². The van der Waals surface area contributed by atoms with Gasteiger partial charge in [-0.15, -0.1) is 4.80 Å². The number of aryl methyl sites for hydroxylation is 1. The number of benzene rings is 1. The van der Waals surface area contributed by atoms with Gasteiger partial charge in [0.2, 0.25) is 0 Å². The van der Waals surface area contributed by atoms with Crippen LogP contribution in [0.4, 0.5) is 5.82 Å². The first-order valence-corrected chi connectivity index (χ1v) is 11.8. The third-order valence-electron chi connectivity index (χ3n) is 7.43. The Morgan fingerprint density at radius 3 is 2.65 bits per heavy atom. The summed E-state index contributed by atoms with van der Waals surface area (Å²) in [6.45, 7) is 4.81. The second-order valence-corrected chi connectivity index (χ2v) is 9.43. The van der Waals surface area contributed by atoms with Gasteiger partial charge in [0.05, 0.1) is 24.0 Å². The average molecular weight is 454 g/mol. The highest BCUT2D eigenvalue weighted by molar-refractivity contribution is 5.96. The Hall–Kier alpha value is -3.81. The van der Waals surface area contributed by atoms with Crippen LogP contribution in [0.3, 0.4) is 0 Å². The number of nitrogens with zero attached hydrogens (tertiary/aromatic N) is 6. The molecule has 2 unspecified atom stereocenters. The van der Waals surface area contributed by atoms with Crippen molar-refractivity contribution >= 4 is 22.6 Å². The Morgan fingerprint density at radius 2 is 1.82 bits per heavy atom. The number of nitrogens with one attached hydrogen (secondary N) is 1. The molecule has 1 aliphatic carbocycles. The number of rotatable bonds is 5. The molecule has 1 amide bonds. The molecule has 2 saturated heterocycles. The smallest absolute Gasteiger partial charge is 0.275 e. The third-order valence-corrected chi connectivity index (χ3v) is 7.43. The molecule has 34 heavy (non-hydrogen) atoms. The fourth-order valence-electron chi connectivity index (χ4n) is 5.43. The maximum atomic E-state index is 14.0. The molecule has 0 radical (unpaired) electrons. The van der Waals surface area contributed by atoms with Crippen LogP contribution in [0.15, 0.2) is 60.9 Å². The summed E-state index contributed by atoms with van der Waals surface area (Å²) in [6, 6.07) is 16.2. The van der Waals surface area contributed by atoms with Crippen LogP contribution >= 0.6 is 0 Å². The van der Waals surface area contributed by atoms with E-state index in [0.717, 1.165) is 35.3 Å². The first-order valence-electron chi connectivity index (χ1n) is 11.8. The molecule has 7 rings (SSSR count). The Labute approximate surface area is 198 Å². The van der Waals surface area contributed by atoms with E-state index in [4.69, 9.17) is 4.98 Å². The van der Waals surface area contributed by atoms with E-state index in [0.29, 0.717) is 29.8 Å². The zero-order valence-corrected chi connectivity index (χ0v) is 19.3. The van der Waals surface area contributed by atoms with Gasteiger partial charge in [0.1, 0.15) is 11.5 Å². The lowest BCUT2D eigenvalue weighted by Crippen LogP contribution is -2.64. The van der Waals surface area contributed by atoms with Gasteiger partial charge in [0.25, 0.3) is 5.91 Å². The predicted octanol–water partition coefficient (Wildman–Crippen LogP) is 3.87. The third kappa shape index (κ3) is 3.50. The minimum Gasteiger partial charge on any atom is -0.368 e. The van der Waals surface area contributed by atoms with E-state index in [2.05, 4.69) is 44.5 Å². The summed E-state index contributed by atoms with van der Waals surface area (Å²) in [6.07, 6.45) is 5.32. The number of amides is 1. The van der Waals surface area contributed by atoms with Crippen LogP contribution in [0, 0.1) is 18.8 Å². The predicted molar refractivity (Wildman–Crippen MR) is 130 cm³/mol. The van der Waals surface area contributed by atoms with Gasteiger partial charge in [-0.25, -0.2) is 9.97 Å². The molecule has 1 saturated carbocycles. The summed E-state index contributed by atoms with van der Waals surface area (Å²) < 4.78 is 0. The largest absolute Gasteiger partial charge is 0.368 e. The maximum absolute atomic E-state index is 14.0. The number of hydrogen-bond acceptors (Lipinski definition) is 6. The fraction of sp³-hybridized carbons (Fsp3) is 0.346. The van der Waals surface area contributed by atoms with Crippen molar-refractivity contribution in [3.63, 3.8) is 0 Å². The van der Waals surface area contributed by atoms with Crippen molar-refractivity contribution in [3.8, 4) is 5.69 Å². The number of aromatic nitrogens is 5. The van der Waals surface area contributed by atoms with Crippen LogP contribution in [0.25, 0.3) is 16.6 Å². The van der Waals surface area contributed by atoms with Gasteiger partial charge in [-0.3, -0.25) is 4.79 Å². The van der Waals surface area contributed by atoms with Gasteiger partial charge in [-0.1, -0.05) is 25.1 Å². The van der Waals surface area contributed by atoms with Crippen molar-refractivity contribution in [1.82, 2.24) is 29.9 Å². The molecule has 1 aromatic carbocycles. The van der Waals surface area contributed by atoms with Crippen LogP contribution in [0.1, 0.15) is 35.9 Å². The van der Waals surface area contributed by atoms with Crippen molar-refractivity contribution in [1.29, 1.82) is 0 Å². The molecule has 3 fully saturated rings. The fourth-order valence-corrected chi connectivity index (χ4v) is 5.43. The minimum atomic E-state index is -0.0516. The zero-order chi connectivity index (χ0) is 23.2. The maximum Gasteiger partial charge on any atom is 0.275 e. The molecule has 172 valence electrons. The van der Waals surface area contributed by atoms with E-state index in [1.807, 2.05) is 43.3 Å². The summed E-state index contributed by atoms with van der Waals surface area (Å²) >= 11 is 0. The van der Waals surface area contributed by atoms with Gasteiger partial charge in [-0.05, 0) is 61.9 Å². The Bertz CT molecular complexity index is 1350. The van der Waals surface area contributed by atoms with Crippen molar-refractivity contribution in [2.45, 2.75) is 38.8 Å². The highest BCUT2D eigenvalue weighted by Crippen LogP contribution is 2.47. The second-order valence-electron chi connectivity index (χ2n) is 9.43. The highest BCUT2D eigenvalue weighted by Gasteiger charge is 2.51. The molecule has 5 heterocycles. The first kappa shape index (κ1) is 20.8. The van der Waals surface area contributed by atoms with Crippen LogP contribution in [0.2, 0.25) is 0 Å². The topological polar surface area (TPSA) is 88.8 Å². The highest BCUT2D eigenvalue weighted by atomic mass is 16.2. The van der Waals surface area contributed by atoms with E-state index in [1.165, 1.54) is 4.80 Å². The number of carbonyl (C=O) groups excluding carboxylic acids is 1. The van der Waals surface area contributed by atoms with E-state index in [9.17, 15) is 4.79 Å². The molecular weight excluding hydrogens is 426 g/mol. The number of fused-ring (bicyclic) bond motifs is 3. The van der Waals surface area contributed by atoms with Gasteiger partial charge < -0.3 is 10.2 Å². The summed E-state index contributed by atoms with van der Waals surface area (Å²) in [4.78, 5) is 26.9. The molecule has 1 N–H and O–H groups in total. The number of para-hydroxylation sites is 1. The lowest BCUT2D eigenvalue weighted by molar-refractivity contribution is -0.0505. The molecule has 8 nitrogen and oxygen atoms in total. The average Bonchev–Trinajstić information content (AvgIpc) is 3.36. The molecule has 2 aliphatic heterocycles. The first-order chi connectivity index (χ1) is 16.6. The molecule has 8 heteroatoms. The van der Waals surface area contributed by atoms with Crippen LogP contribution < -0.4 is 5.32 Å². The molecule has 2 bridgehead atoms. The number of pyridine rings is 2. The molecule has 2 atom stereocenters. The van der Waals surface area contributed by atoms with E-state index < -0.39 is 0 Å². The monoisotopic (exact) mass is 453 g/mol. The molecule has 3 aromatic heterocycles. The standard InChI is InChI=1S/C26H27N7O/c1-16-7-9-22(33-28-11-12-29-33)25(30-16)26(34)32-20-13-19(14-20)17(2)23(32)15-27-24-10-8-18-5-3-4-6-21(18)31-24/h3-12,17,19-20,23H,13-15H2,1-2H3,(H,27,31). The van der Waals surface area contributed by atoms with Crippen LogP contribution in [0.5, 0.6) is 0 Å². The molecule has 3 aliphatic rings. The Kier molecular flexibility index (Phi) is 5.01. The van der Waals surface area contributed by atoms with Crippen LogP contribution in [-0.4, -0.2) is 54.4 Å². The Balaban J connectivity index is 1.30.